The summed E-state index contributed by atoms with van der Waals surface area (Å²) in [7, 11) is 1.32. The van der Waals surface area contributed by atoms with E-state index < -0.39 is 24.1 Å². The number of ether oxygens (including phenoxy) is 3. The number of piperidine rings is 1. The van der Waals surface area contributed by atoms with Crippen molar-refractivity contribution in [3.05, 3.63) is 65.0 Å². The summed E-state index contributed by atoms with van der Waals surface area (Å²) in [6, 6.07) is 10.5. The van der Waals surface area contributed by atoms with Gasteiger partial charge in [-0.1, -0.05) is 26.0 Å². The number of phenolic OH excluding ortho intramolecular Hbond substituents is 1. The molecule has 6 rings (SSSR count). The van der Waals surface area contributed by atoms with Crippen LogP contribution in [0.15, 0.2) is 42.5 Å². The SMILES string of the molecule is CC.COC(=O)C1CCN(C(=O)C2CCCc3c(C(F)(F)F)nn(-c4cccc(O)c4)c32)CC1.Cc1ccc2c(c1)OC(F)(F)O2. The minimum Gasteiger partial charge on any atom is -0.508 e. The van der Waals surface area contributed by atoms with Crippen molar-refractivity contribution in [2.45, 2.75) is 71.3 Å². The quantitative estimate of drug-likeness (QED) is 0.246. The predicted molar refractivity (Wildman–Crippen MR) is 156 cm³/mol. The van der Waals surface area contributed by atoms with Crippen molar-refractivity contribution < 1.29 is 50.9 Å². The molecule has 3 aliphatic rings. The summed E-state index contributed by atoms with van der Waals surface area (Å²) in [5, 5.41) is 13.7. The number of amides is 1. The lowest BCUT2D eigenvalue weighted by Crippen LogP contribution is -2.43. The summed E-state index contributed by atoms with van der Waals surface area (Å²) in [5.74, 6) is -1.55. The fraction of sp³-hybridized carbons (Fsp3) is 0.469. The third kappa shape index (κ3) is 7.53. The highest BCUT2D eigenvalue weighted by molar-refractivity contribution is 5.85. The van der Waals surface area contributed by atoms with Crippen LogP contribution < -0.4 is 9.47 Å². The van der Waals surface area contributed by atoms with E-state index in [1.165, 1.54) is 37.4 Å². The maximum absolute atomic E-state index is 13.8. The van der Waals surface area contributed by atoms with Crippen LogP contribution in [0.25, 0.3) is 5.69 Å². The lowest BCUT2D eigenvalue weighted by atomic mass is 9.84. The first-order chi connectivity index (χ1) is 21.8. The number of esters is 1. The van der Waals surface area contributed by atoms with Crippen molar-refractivity contribution in [2.24, 2.45) is 5.92 Å². The Morgan fingerprint density at radius 3 is 2.33 bits per heavy atom. The highest BCUT2D eigenvalue weighted by Gasteiger charge is 2.45. The van der Waals surface area contributed by atoms with Crippen LogP contribution in [0.1, 0.15) is 68.0 Å². The molecule has 0 spiro atoms. The maximum atomic E-state index is 13.8. The first-order valence-corrected chi connectivity index (χ1v) is 15.0. The van der Waals surface area contributed by atoms with Gasteiger partial charge in [0.2, 0.25) is 5.91 Å². The van der Waals surface area contributed by atoms with Gasteiger partial charge >= 0.3 is 18.4 Å². The van der Waals surface area contributed by atoms with E-state index in [4.69, 9.17) is 4.74 Å². The van der Waals surface area contributed by atoms with Crippen LogP contribution in [0.3, 0.4) is 0 Å². The number of methoxy groups -OCH3 is 1. The van der Waals surface area contributed by atoms with Crippen LogP contribution in [-0.2, 0) is 26.9 Å². The minimum atomic E-state index is -4.66. The summed E-state index contributed by atoms with van der Waals surface area (Å²) >= 11 is 0. The van der Waals surface area contributed by atoms with E-state index in [1.807, 2.05) is 13.8 Å². The average molecular weight is 654 g/mol. The van der Waals surface area contributed by atoms with Gasteiger partial charge in [-0.2, -0.15) is 18.3 Å². The number of carbonyl (C=O) groups is 2. The molecule has 1 atom stereocenters. The van der Waals surface area contributed by atoms with Gasteiger partial charge in [0, 0.05) is 24.7 Å². The molecule has 0 radical (unpaired) electrons. The molecule has 46 heavy (non-hydrogen) atoms. The molecule has 1 fully saturated rings. The number of likely N-dealkylation sites (tertiary alicyclic amines) is 1. The second kappa shape index (κ2) is 14.0. The molecular formula is C32H36F5N3O6. The van der Waals surface area contributed by atoms with Gasteiger partial charge in [0.05, 0.1) is 30.3 Å². The minimum absolute atomic E-state index is 0.0369. The van der Waals surface area contributed by atoms with E-state index in [-0.39, 0.29) is 58.4 Å². The Bertz CT molecular complexity index is 1550. The molecule has 3 heterocycles. The molecule has 9 nitrogen and oxygen atoms in total. The van der Waals surface area contributed by atoms with E-state index >= 15 is 0 Å². The number of alkyl halides is 5. The van der Waals surface area contributed by atoms with Gasteiger partial charge in [-0.3, -0.25) is 9.59 Å². The third-order valence-electron chi connectivity index (χ3n) is 7.81. The molecule has 0 saturated carbocycles. The van der Waals surface area contributed by atoms with Crippen LogP contribution in [0.2, 0.25) is 0 Å². The van der Waals surface area contributed by atoms with Crippen LogP contribution >= 0.6 is 0 Å². The van der Waals surface area contributed by atoms with Gasteiger partial charge in [0.15, 0.2) is 17.2 Å². The molecule has 250 valence electrons. The molecule has 1 aromatic heterocycles. The van der Waals surface area contributed by atoms with Crippen molar-refractivity contribution in [1.29, 1.82) is 0 Å². The Morgan fingerprint density at radius 2 is 1.70 bits per heavy atom. The van der Waals surface area contributed by atoms with Gasteiger partial charge in [0.25, 0.3) is 0 Å². The number of aromatic hydroxyl groups is 1. The van der Waals surface area contributed by atoms with Gasteiger partial charge in [-0.25, -0.2) is 4.68 Å². The summed E-state index contributed by atoms with van der Waals surface area (Å²) in [6.45, 7) is 6.48. The number of hydrogen-bond donors (Lipinski definition) is 1. The monoisotopic (exact) mass is 653 g/mol. The molecule has 2 aromatic carbocycles. The highest BCUT2D eigenvalue weighted by atomic mass is 19.4. The number of aryl methyl sites for hydroxylation is 1. The zero-order valence-electron chi connectivity index (χ0n) is 25.9. The smallest absolute Gasteiger partial charge is 0.508 e. The Labute approximate surface area is 262 Å². The fourth-order valence-electron chi connectivity index (χ4n) is 5.76. The van der Waals surface area contributed by atoms with Crippen LogP contribution in [0.5, 0.6) is 17.2 Å². The van der Waals surface area contributed by atoms with Crippen LogP contribution in [0, 0.1) is 12.8 Å². The average Bonchev–Trinajstić information content (AvgIpc) is 3.58. The molecule has 14 heteroatoms. The van der Waals surface area contributed by atoms with Gasteiger partial charge in [-0.05, 0) is 68.9 Å². The van der Waals surface area contributed by atoms with Crippen LogP contribution in [0.4, 0.5) is 22.0 Å². The van der Waals surface area contributed by atoms with Gasteiger partial charge in [0.1, 0.15) is 5.75 Å². The van der Waals surface area contributed by atoms with E-state index in [1.54, 1.807) is 24.0 Å². The summed E-state index contributed by atoms with van der Waals surface area (Å²) in [6.07, 6.45) is -6.22. The van der Waals surface area contributed by atoms with Crippen LogP contribution in [-0.4, -0.2) is 58.2 Å². The number of carbonyl (C=O) groups excluding carboxylic acids is 2. The van der Waals surface area contributed by atoms with Crippen molar-refractivity contribution in [2.75, 3.05) is 20.2 Å². The normalized spacial score (nSPS) is 18.4. The van der Waals surface area contributed by atoms with E-state index in [0.717, 1.165) is 10.2 Å². The first kappa shape index (κ1) is 34.5. The van der Waals surface area contributed by atoms with E-state index in [2.05, 4.69) is 14.6 Å². The molecule has 1 N–H and O–H groups in total. The number of halogens is 5. The van der Waals surface area contributed by atoms with E-state index in [0.29, 0.717) is 38.8 Å². The largest absolute Gasteiger partial charge is 0.586 e. The molecule has 1 aliphatic carbocycles. The molecule has 3 aromatic rings. The number of fused-ring (bicyclic) bond motifs is 2. The number of aromatic nitrogens is 2. The lowest BCUT2D eigenvalue weighted by molar-refractivity contribution is -0.286. The topological polar surface area (TPSA) is 103 Å². The number of phenols is 1. The second-order valence-corrected chi connectivity index (χ2v) is 10.8. The number of rotatable bonds is 3. The zero-order chi connectivity index (χ0) is 33.8. The number of nitrogens with zero attached hydrogens (tertiary/aromatic N) is 3. The van der Waals surface area contributed by atoms with Crippen molar-refractivity contribution in [3.8, 4) is 22.9 Å². The Balaban J connectivity index is 0.000000285. The molecule has 1 unspecified atom stereocenters. The number of benzene rings is 2. The summed E-state index contributed by atoms with van der Waals surface area (Å²) in [4.78, 5) is 26.8. The first-order valence-electron chi connectivity index (χ1n) is 15.0. The Hall–Kier alpha value is -4.36. The second-order valence-electron chi connectivity index (χ2n) is 10.8. The third-order valence-corrected chi connectivity index (χ3v) is 7.81. The maximum Gasteiger partial charge on any atom is 0.586 e. The standard InChI is InChI=1S/C22H24F3N3O4.C8H6F2O2.C2H6/c1-32-21(31)13-8-10-27(11-9-13)20(30)17-7-3-6-16-18(17)28(26-19(16)22(23,24)25)14-4-2-5-15(29)12-14;1-5-2-3-6-7(4-5)12-8(9,10)11-6;1-2/h2,4-5,12-13,17,29H,3,6-11H2,1H3;2-4H,1H3;1-2H3. The highest BCUT2D eigenvalue weighted by Crippen LogP contribution is 2.43. The zero-order valence-corrected chi connectivity index (χ0v) is 25.9. The molecule has 1 saturated heterocycles. The molecule has 1 amide bonds. The summed E-state index contributed by atoms with van der Waals surface area (Å²) in [5.41, 5.74) is 0.401. The Kier molecular flexibility index (Phi) is 10.5. The summed E-state index contributed by atoms with van der Waals surface area (Å²) < 4.78 is 80.5. The molecule has 0 bridgehead atoms. The van der Waals surface area contributed by atoms with Crippen molar-refractivity contribution in [3.63, 3.8) is 0 Å². The molecule has 2 aliphatic heterocycles. The van der Waals surface area contributed by atoms with Gasteiger partial charge < -0.3 is 24.2 Å². The predicted octanol–water partition coefficient (Wildman–Crippen LogP) is 6.77. The van der Waals surface area contributed by atoms with Crippen molar-refractivity contribution in [1.82, 2.24) is 14.7 Å². The fourth-order valence-corrected chi connectivity index (χ4v) is 5.76. The van der Waals surface area contributed by atoms with Gasteiger partial charge in [-0.15, -0.1) is 8.78 Å². The number of hydrogen-bond acceptors (Lipinski definition) is 7. The van der Waals surface area contributed by atoms with E-state index in [9.17, 15) is 36.6 Å². The molecular weight excluding hydrogens is 617 g/mol. The van der Waals surface area contributed by atoms with Crippen molar-refractivity contribution >= 4 is 11.9 Å². The Morgan fingerprint density at radius 1 is 1.02 bits per heavy atom. The lowest BCUT2D eigenvalue weighted by Gasteiger charge is -2.34.